The van der Waals surface area contributed by atoms with Crippen molar-refractivity contribution in [3.8, 4) is 0 Å². The zero-order valence-corrected chi connectivity index (χ0v) is 15.2. The van der Waals surface area contributed by atoms with Crippen LogP contribution >= 0.6 is 0 Å². The van der Waals surface area contributed by atoms with Crippen LogP contribution in [0.4, 0.5) is 0 Å². The van der Waals surface area contributed by atoms with E-state index in [-0.39, 0.29) is 5.54 Å². The lowest BCUT2D eigenvalue weighted by Gasteiger charge is -2.40. The highest BCUT2D eigenvalue weighted by molar-refractivity contribution is 5.80. The number of hydrogen-bond donors (Lipinski definition) is 2. The Morgan fingerprint density at radius 3 is 2.79 bits per heavy atom. The summed E-state index contributed by atoms with van der Waals surface area (Å²) in [6, 6.07) is 3.91. The summed E-state index contributed by atoms with van der Waals surface area (Å²) in [5, 5.41) is 6.68. The van der Waals surface area contributed by atoms with E-state index in [2.05, 4.69) is 36.0 Å². The molecule has 1 aliphatic rings. The van der Waals surface area contributed by atoms with Crippen LogP contribution in [0, 0.1) is 0 Å². The number of furan rings is 1. The number of piperidine rings is 1. The number of likely N-dealkylation sites (tertiary alicyclic amines) is 1. The molecule has 5 nitrogen and oxygen atoms in total. The summed E-state index contributed by atoms with van der Waals surface area (Å²) in [5.74, 6) is 1.82. The van der Waals surface area contributed by atoms with Gasteiger partial charge in [0.15, 0.2) is 5.96 Å². The van der Waals surface area contributed by atoms with Crippen molar-refractivity contribution in [2.24, 2.45) is 4.99 Å². The van der Waals surface area contributed by atoms with Gasteiger partial charge in [-0.1, -0.05) is 12.5 Å². The lowest BCUT2D eigenvalue weighted by atomic mass is 9.99. The van der Waals surface area contributed by atoms with E-state index in [1.807, 2.05) is 18.2 Å². The highest BCUT2D eigenvalue weighted by atomic mass is 16.3. The minimum atomic E-state index is 0.0875. The molecule has 1 aromatic heterocycles. The van der Waals surface area contributed by atoms with Crippen molar-refractivity contribution in [1.82, 2.24) is 15.5 Å². The largest absolute Gasteiger partial charge is 0.469 e. The van der Waals surface area contributed by atoms with Crippen molar-refractivity contribution in [3.05, 3.63) is 36.8 Å². The molecule has 2 N–H and O–H groups in total. The van der Waals surface area contributed by atoms with Crippen LogP contribution in [0.25, 0.3) is 0 Å². The minimum absolute atomic E-state index is 0.0875. The molecule has 0 aliphatic carbocycles. The molecule has 24 heavy (non-hydrogen) atoms. The van der Waals surface area contributed by atoms with E-state index in [1.165, 1.54) is 32.4 Å². The summed E-state index contributed by atoms with van der Waals surface area (Å²) in [6.07, 6.45) is 8.36. The third kappa shape index (κ3) is 6.04. The maximum atomic E-state index is 5.37. The maximum absolute atomic E-state index is 5.37. The first-order chi connectivity index (χ1) is 11.6. The summed E-state index contributed by atoms with van der Waals surface area (Å²) >= 11 is 0. The van der Waals surface area contributed by atoms with E-state index in [0.29, 0.717) is 6.54 Å². The van der Waals surface area contributed by atoms with Gasteiger partial charge < -0.3 is 15.1 Å². The van der Waals surface area contributed by atoms with Crippen LogP contribution in [-0.4, -0.2) is 49.1 Å². The lowest BCUT2D eigenvalue weighted by molar-refractivity contribution is 0.102. The van der Waals surface area contributed by atoms with Crippen LogP contribution in [0.5, 0.6) is 0 Å². The van der Waals surface area contributed by atoms with Crippen LogP contribution in [0.1, 0.15) is 38.9 Å². The highest BCUT2D eigenvalue weighted by Gasteiger charge is 2.27. The molecule has 0 saturated carbocycles. The third-order valence-corrected chi connectivity index (χ3v) is 4.49. The first-order valence-corrected chi connectivity index (χ1v) is 9.02. The molecule has 2 rings (SSSR count). The van der Waals surface area contributed by atoms with Crippen molar-refractivity contribution in [1.29, 1.82) is 0 Å². The molecule has 0 amide bonds. The van der Waals surface area contributed by atoms with Crippen LogP contribution in [0.3, 0.4) is 0 Å². The van der Waals surface area contributed by atoms with Crippen LogP contribution in [0.15, 0.2) is 40.5 Å². The molecule has 1 fully saturated rings. The minimum Gasteiger partial charge on any atom is -0.469 e. The van der Waals surface area contributed by atoms with Gasteiger partial charge in [0.2, 0.25) is 0 Å². The number of aliphatic imine (C=N–C) groups is 1. The monoisotopic (exact) mass is 332 g/mol. The molecule has 5 heteroatoms. The Labute approximate surface area is 146 Å². The fourth-order valence-corrected chi connectivity index (χ4v) is 2.97. The number of rotatable bonds is 8. The quantitative estimate of drug-likeness (QED) is 0.437. The van der Waals surface area contributed by atoms with Crippen LogP contribution < -0.4 is 10.6 Å². The molecule has 1 saturated heterocycles. The molecule has 0 unspecified atom stereocenters. The standard InChI is InChI=1S/C19H32N4O/c1-4-11-20-18(21-12-10-17-9-8-15-24-17)22-16-19(2,3)23-13-6-5-7-14-23/h4,8-9,15H,1,5-7,10-14,16H2,2-3H3,(H2,20,21,22). The summed E-state index contributed by atoms with van der Waals surface area (Å²) < 4.78 is 5.37. The van der Waals surface area contributed by atoms with Crippen molar-refractivity contribution >= 4 is 5.96 Å². The molecular weight excluding hydrogens is 300 g/mol. The normalized spacial score (nSPS) is 16.8. The third-order valence-electron chi connectivity index (χ3n) is 4.49. The average molecular weight is 332 g/mol. The van der Waals surface area contributed by atoms with E-state index < -0.39 is 0 Å². The Morgan fingerprint density at radius 1 is 1.33 bits per heavy atom. The second kappa shape index (κ2) is 9.52. The topological polar surface area (TPSA) is 52.8 Å². The molecule has 2 heterocycles. The molecule has 0 spiro atoms. The van der Waals surface area contributed by atoms with Gasteiger partial charge in [-0.3, -0.25) is 9.89 Å². The van der Waals surface area contributed by atoms with Gasteiger partial charge in [0.1, 0.15) is 5.76 Å². The predicted molar refractivity (Wildman–Crippen MR) is 100 cm³/mol. The molecule has 0 atom stereocenters. The van der Waals surface area contributed by atoms with Crippen LogP contribution in [-0.2, 0) is 6.42 Å². The van der Waals surface area contributed by atoms with Gasteiger partial charge in [0, 0.05) is 25.0 Å². The van der Waals surface area contributed by atoms with Crippen LogP contribution in [0.2, 0.25) is 0 Å². The first-order valence-electron chi connectivity index (χ1n) is 9.02. The molecule has 0 radical (unpaired) electrons. The molecule has 134 valence electrons. The summed E-state index contributed by atoms with van der Waals surface area (Å²) in [7, 11) is 0. The Bertz CT molecular complexity index is 501. The zero-order valence-electron chi connectivity index (χ0n) is 15.2. The van der Waals surface area contributed by atoms with E-state index in [9.17, 15) is 0 Å². The first kappa shape index (κ1) is 18.6. The predicted octanol–water partition coefficient (Wildman–Crippen LogP) is 2.81. The van der Waals surface area contributed by atoms with Gasteiger partial charge >= 0.3 is 0 Å². The fourth-order valence-electron chi connectivity index (χ4n) is 2.97. The SMILES string of the molecule is C=CCNC(=NCC(C)(C)N1CCCCC1)NCCc1ccco1. The van der Waals surface area contributed by atoms with Gasteiger partial charge in [-0.25, -0.2) is 0 Å². The Kier molecular flexibility index (Phi) is 7.37. The summed E-state index contributed by atoms with van der Waals surface area (Å²) in [4.78, 5) is 7.36. The number of guanidine groups is 1. The molecule has 0 aromatic carbocycles. The number of hydrogen-bond acceptors (Lipinski definition) is 3. The summed E-state index contributed by atoms with van der Waals surface area (Å²) in [6.45, 7) is 13.0. The summed E-state index contributed by atoms with van der Waals surface area (Å²) in [5.41, 5.74) is 0.0875. The molecular formula is C19H32N4O. The number of nitrogens with zero attached hydrogens (tertiary/aromatic N) is 2. The van der Waals surface area contributed by atoms with Crippen molar-refractivity contribution in [2.45, 2.75) is 45.1 Å². The van der Waals surface area contributed by atoms with E-state index >= 15 is 0 Å². The molecule has 0 bridgehead atoms. The zero-order chi connectivity index (χ0) is 17.3. The van der Waals surface area contributed by atoms with Gasteiger partial charge in [0.05, 0.1) is 12.8 Å². The fraction of sp³-hybridized carbons (Fsp3) is 0.632. The van der Waals surface area contributed by atoms with Gasteiger partial charge in [-0.05, 0) is 51.9 Å². The lowest BCUT2D eigenvalue weighted by Crippen LogP contribution is -2.49. The Hall–Kier alpha value is -1.75. The van der Waals surface area contributed by atoms with Gasteiger partial charge in [-0.15, -0.1) is 6.58 Å². The van der Waals surface area contributed by atoms with Crippen molar-refractivity contribution in [2.75, 3.05) is 32.7 Å². The Balaban J connectivity index is 1.87. The molecule has 1 aromatic rings. The van der Waals surface area contributed by atoms with E-state index in [4.69, 9.17) is 9.41 Å². The van der Waals surface area contributed by atoms with E-state index in [0.717, 1.165) is 31.2 Å². The molecule has 1 aliphatic heterocycles. The van der Waals surface area contributed by atoms with Gasteiger partial charge in [-0.2, -0.15) is 0 Å². The maximum Gasteiger partial charge on any atom is 0.191 e. The van der Waals surface area contributed by atoms with Crippen molar-refractivity contribution in [3.63, 3.8) is 0 Å². The van der Waals surface area contributed by atoms with E-state index in [1.54, 1.807) is 6.26 Å². The second-order valence-electron chi connectivity index (χ2n) is 6.95. The highest BCUT2D eigenvalue weighted by Crippen LogP contribution is 2.20. The smallest absolute Gasteiger partial charge is 0.191 e. The average Bonchev–Trinajstić information content (AvgIpc) is 3.11. The van der Waals surface area contributed by atoms with Crippen molar-refractivity contribution < 1.29 is 4.42 Å². The number of nitrogens with one attached hydrogen (secondary N) is 2. The second-order valence-corrected chi connectivity index (χ2v) is 6.95. The Morgan fingerprint density at radius 2 is 2.12 bits per heavy atom. The van der Waals surface area contributed by atoms with Gasteiger partial charge in [0.25, 0.3) is 0 Å².